The highest BCUT2D eigenvalue weighted by atomic mass is 35.5. The van der Waals surface area contributed by atoms with Gasteiger partial charge in [-0.15, -0.1) is 0 Å². The van der Waals surface area contributed by atoms with Crippen molar-refractivity contribution in [2.75, 3.05) is 24.7 Å². The van der Waals surface area contributed by atoms with Gasteiger partial charge in [-0.05, 0) is 45.5 Å². The predicted molar refractivity (Wildman–Crippen MR) is 85.5 cm³/mol. The third-order valence-electron chi connectivity index (χ3n) is 4.12. The molecule has 21 heavy (non-hydrogen) atoms. The van der Waals surface area contributed by atoms with E-state index in [1.165, 1.54) is 0 Å². The van der Waals surface area contributed by atoms with Crippen LogP contribution in [0.15, 0.2) is 18.2 Å². The van der Waals surface area contributed by atoms with Crippen LogP contribution in [0.4, 0.5) is 11.4 Å². The molecular formula is C15H22ClN3O2. The number of halogens is 1. The SMILES string of the molecule is CC1OCCC1N(C)C(C)C(=O)Nc1cc(Cl)ccc1N. The number of nitrogens with two attached hydrogens (primary N) is 1. The first kappa shape index (κ1) is 16.1. The molecule has 6 heteroatoms. The Morgan fingerprint density at radius 1 is 1.57 bits per heavy atom. The Kier molecular flexibility index (Phi) is 5.08. The number of anilines is 2. The van der Waals surface area contributed by atoms with E-state index in [1.807, 2.05) is 25.8 Å². The first-order valence-electron chi connectivity index (χ1n) is 7.09. The Morgan fingerprint density at radius 2 is 2.29 bits per heavy atom. The monoisotopic (exact) mass is 311 g/mol. The molecule has 1 aromatic carbocycles. The number of likely N-dealkylation sites (N-methyl/N-ethyl adjacent to an activating group) is 1. The van der Waals surface area contributed by atoms with Crippen LogP contribution >= 0.6 is 11.6 Å². The highest BCUT2D eigenvalue weighted by molar-refractivity contribution is 6.31. The minimum absolute atomic E-state index is 0.106. The number of hydrogen-bond donors (Lipinski definition) is 2. The third-order valence-corrected chi connectivity index (χ3v) is 4.36. The van der Waals surface area contributed by atoms with Crippen LogP contribution in [0.25, 0.3) is 0 Å². The van der Waals surface area contributed by atoms with E-state index < -0.39 is 0 Å². The lowest BCUT2D eigenvalue weighted by Gasteiger charge is -2.31. The number of nitrogens with one attached hydrogen (secondary N) is 1. The fourth-order valence-corrected chi connectivity index (χ4v) is 2.77. The fourth-order valence-electron chi connectivity index (χ4n) is 2.60. The molecule has 1 fully saturated rings. The van der Waals surface area contributed by atoms with E-state index in [2.05, 4.69) is 5.32 Å². The Labute approximate surface area is 130 Å². The second-order valence-electron chi connectivity index (χ2n) is 5.49. The number of carbonyl (C=O) groups excluding carboxylic acids is 1. The van der Waals surface area contributed by atoms with Gasteiger partial charge in [0.1, 0.15) is 0 Å². The van der Waals surface area contributed by atoms with Gasteiger partial charge in [0.05, 0.1) is 23.5 Å². The highest BCUT2D eigenvalue weighted by Crippen LogP contribution is 2.24. The quantitative estimate of drug-likeness (QED) is 0.838. The molecule has 1 aliphatic heterocycles. The zero-order valence-electron chi connectivity index (χ0n) is 12.6. The van der Waals surface area contributed by atoms with Crippen LogP contribution in [0.2, 0.25) is 5.02 Å². The maximum atomic E-state index is 12.4. The fraction of sp³-hybridized carbons (Fsp3) is 0.533. The molecule has 116 valence electrons. The van der Waals surface area contributed by atoms with Crippen molar-refractivity contribution in [2.24, 2.45) is 0 Å². The number of rotatable bonds is 4. The molecule has 0 bridgehead atoms. The number of carbonyl (C=O) groups is 1. The molecule has 3 unspecified atom stereocenters. The molecule has 0 aliphatic carbocycles. The molecule has 0 aromatic heterocycles. The van der Waals surface area contributed by atoms with Crippen molar-refractivity contribution in [1.82, 2.24) is 4.90 Å². The van der Waals surface area contributed by atoms with Crippen molar-refractivity contribution in [1.29, 1.82) is 0 Å². The number of nitrogen functional groups attached to an aromatic ring is 1. The molecule has 5 nitrogen and oxygen atoms in total. The maximum absolute atomic E-state index is 12.4. The van der Waals surface area contributed by atoms with Crippen LogP contribution in [-0.4, -0.2) is 42.6 Å². The van der Waals surface area contributed by atoms with Gasteiger partial charge < -0.3 is 15.8 Å². The second-order valence-corrected chi connectivity index (χ2v) is 5.93. The summed E-state index contributed by atoms with van der Waals surface area (Å²) in [5.41, 5.74) is 6.90. The van der Waals surface area contributed by atoms with Crippen molar-refractivity contribution in [3.8, 4) is 0 Å². The maximum Gasteiger partial charge on any atom is 0.241 e. The van der Waals surface area contributed by atoms with Gasteiger partial charge in [0.2, 0.25) is 5.91 Å². The van der Waals surface area contributed by atoms with Crippen molar-refractivity contribution in [2.45, 2.75) is 38.5 Å². The normalized spacial score (nSPS) is 23.3. The first-order chi connectivity index (χ1) is 9.90. The van der Waals surface area contributed by atoms with Crippen LogP contribution < -0.4 is 11.1 Å². The van der Waals surface area contributed by atoms with Gasteiger partial charge in [0, 0.05) is 17.7 Å². The molecule has 0 saturated carbocycles. The number of ether oxygens (including phenoxy) is 1. The zero-order valence-corrected chi connectivity index (χ0v) is 13.4. The lowest BCUT2D eigenvalue weighted by atomic mass is 10.1. The molecule has 3 atom stereocenters. The molecule has 0 radical (unpaired) electrons. The Morgan fingerprint density at radius 3 is 2.90 bits per heavy atom. The summed E-state index contributed by atoms with van der Waals surface area (Å²) in [7, 11) is 1.95. The zero-order chi connectivity index (χ0) is 15.6. The minimum Gasteiger partial charge on any atom is -0.397 e. The Hall–Kier alpha value is -1.30. The summed E-state index contributed by atoms with van der Waals surface area (Å²) in [6, 6.07) is 5.00. The van der Waals surface area contributed by atoms with Crippen LogP contribution in [0.1, 0.15) is 20.3 Å². The van der Waals surface area contributed by atoms with E-state index in [0.717, 1.165) is 13.0 Å². The summed E-state index contributed by atoms with van der Waals surface area (Å²) in [6.45, 7) is 4.65. The first-order valence-corrected chi connectivity index (χ1v) is 7.47. The van der Waals surface area contributed by atoms with Gasteiger partial charge in [-0.3, -0.25) is 9.69 Å². The van der Waals surface area contributed by atoms with E-state index in [-0.39, 0.29) is 24.1 Å². The molecule has 3 N–H and O–H groups in total. The lowest BCUT2D eigenvalue weighted by molar-refractivity contribution is -0.121. The van der Waals surface area contributed by atoms with E-state index >= 15 is 0 Å². The van der Waals surface area contributed by atoms with E-state index in [9.17, 15) is 4.79 Å². The van der Waals surface area contributed by atoms with Crippen molar-refractivity contribution in [3.63, 3.8) is 0 Å². The van der Waals surface area contributed by atoms with Gasteiger partial charge in [-0.1, -0.05) is 11.6 Å². The van der Waals surface area contributed by atoms with Gasteiger partial charge >= 0.3 is 0 Å². The number of amides is 1. The van der Waals surface area contributed by atoms with E-state index in [0.29, 0.717) is 16.4 Å². The molecule has 1 amide bonds. The molecule has 1 aliphatic rings. The predicted octanol–water partition coefficient (Wildman–Crippen LogP) is 2.36. The summed E-state index contributed by atoms with van der Waals surface area (Å²) >= 11 is 5.93. The van der Waals surface area contributed by atoms with Gasteiger partial charge in [0.25, 0.3) is 0 Å². The van der Waals surface area contributed by atoms with Crippen molar-refractivity contribution >= 4 is 28.9 Å². The smallest absolute Gasteiger partial charge is 0.241 e. The van der Waals surface area contributed by atoms with Crippen LogP contribution in [-0.2, 0) is 9.53 Å². The average molecular weight is 312 g/mol. The molecule has 1 saturated heterocycles. The van der Waals surface area contributed by atoms with Crippen LogP contribution in [0.5, 0.6) is 0 Å². The molecule has 2 rings (SSSR count). The second kappa shape index (κ2) is 6.64. The van der Waals surface area contributed by atoms with E-state index in [4.69, 9.17) is 22.1 Å². The van der Waals surface area contributed by atoms with Crippen LogP contribution in [0, 0.1) is 0 Å². The van der Waals surface area contributed by atoms with Crippen LogP contribution in [0.3, 0.4) is 0 Å². The van der Waals surface area contributed by atoms with Crippen molar-refractivity contribution in [3.05, 3.63) is 23.2 Å². The summed E-state index contributed by atoms with van der Waals surface area (Å²) in [5.74, 6) is -0.106. The topological polar surface area (TPSA) is 67.6 Å². The summed E-state index contributed by atoms with van der Waals surface area (Å²) in [4.78, 5) is 14.4. The lowest BCUT2D eigenvalue weighted by Crippen LogP contribution is -2.47. The highest BCUT2D eigenvalue weighted by Gasteiger charge is 2.32. The minimum atomic E-state index is -0.280. The molecule has 1 heterocycles. The van der Waals surface area contributed by atoms with E-state index in [1.54, 1.807) is 18.2 Å². The summed E-state index contributed by atoms with van der Waals surface area (Å²) in [5, 5.41) is 3.38. The Bertz CT molecular complexity index is 524. The summed E-state index contributed by atoms with van der Waals surface area (Å²) in [6.07, 6.45) is 1.08. The van der Waals surface area contributed by atoms with Gasteiger partial charge in [0.15, 0.2) is 0 Å². The number of benzene rings is 1. The number of hydrogen-bond acceptors (Lipinski definition) is 4. The standard InChI is InChI=1S/C15H22ClN3O2/c1-9(19(3)14-6-7-21-10(14)2)15(20)18-13-8-11(16)4-5-12(13)17/h4-5,8-10,14H,6-7,17H2,1-3H3,(H,18,20). The van der Waals surface area contributed by atoms with Gasteiger partial charge in [-0.2, -0.15) is 0 Å². The molecule has 1 aromatic rings. The Balaban J connectivity index is 2.03. The molecule has 0 spiro atoms. The largest absolute Gasteiger partial charge is 0.397 e. The molecular weight excluding hydrogens is 290 g/mol. The third kappa shape index (κ3) is 3.67. The average Bonchev–Trinajstić information content (AvgIpc) is 2.87. The summed E-state index contributed by atoms with van der Waals surface area (Å²) < 4.78 is 5.56. The van der Waals surface area contributed by atoms with Crippen molar-refractivity contribution < 1.29 is 9.53 Å². The van der Waals surface area contributed by atoms with Gasteiger partial charge in [-0.25, -0.2) is 0 Å². The number of nitrogens with zero attached hydrogens (tertiary/aromatic N) is 1.